The van der Waals surface area contributed by atoms with Crippen molar-refractivity contribution in [3.8, 4) is 0 Å². The predicted molar refractivity (Wildman–Crippen MR) is 79.0 cm³/mol. The normalized spacial score (nSPS) is 50.1. The highest BCUT2D eigenvalue weighted by atomic mass is 15.3. The zero-order chi connectivity index (χ0) is 13.0. The molecular weight excluding hydrogens is 232 g/mol. The summed E-state index contributed by atoms with van der Waals surface area (Å²) in [5.74, 6) is 5.12. The molecule has 1 saturated heterocycles. The summed E-state index contributed by atoms with van der Waals surface area (Å²) in [6.45, 7) is 8.57. The highest BCUT2D eigenvalue weighted by Crippen LogP contribution is 2.55. The van der Waals surface area contributed by atoms with Crippen molar-refractivity contribution in [3.63, 3.8) is 0 Å². The fourth-order valence-corrected chi connectivity index (χ4v) is 6.17. The minimum Gasteiger partial charge on any atom is -0.314 e. The first kappa shape index (κ1) is 12.6. The van der Waals surface area contributed by atoms with Gasteiger partial charge in [-0.05, 0) is 61.7 Å². The molecule has 2 nitrogen and oxygen atoms in total. The number of hydrogen-bond donors (Lipinski definition) is 1. The quantitative estimate of drug-likeness (QED) is 0.823. The molecular formula is C17H30N2. The number of piperazine rings is 1. The molecule has 5 rings (SSSR count). The Balaban J connectivity index is 1.57. The van der Waals surface area contributed by atoms with Gasteiger partial charge in [0.2, 0.25) is 0 Å². The molecule has 2 heteroatoms. The minimum absolute atomic E-state index is 0.788. The van der Waals surface area contributed by atoms with E-state index in [1.54, 1.807) is 32.1 Å². The van der Waals surface area contributed by atoms with Gasteiger partial charge in [-0.3, -0.25) is 4.90 Å². The van der Waals surface area contributed by atoms with Crippen molar-refractivity contribution >= 4 is 0 Å². The Morgan fingerprint density at radius 3 is 2.16 bits per heavy atom. The van der Waals surface area contributed by atoms with Gasteiger partial charge in [0.15, 0.2) is 0 Å². The maximum absolute atomic E-state index is 3.63. The van der Waals surface area contributed by atoms with Gasteiger partial charge in [0.1, 0.15) is 0 Å². The third-order valence-electron chi connectivity index (χ3n) is 6.66. The second-order valence-electron chi connectivity index (χ2n) is 8.17. The Bertz CT molecular complexity index is 310. The third-order valence-corrected chi connectivity index (χ3v) is 6.66. The standard InChI is InChI=1S/C17H30N2/c1-11(2)16-10-18-3-4-19(16)17-14-6-12-5-13(8-14)9-15(17)7-12/h11-18H,3-10H2,1-2H3. The first-order valence-corrected chi connectivity index (χ1v) is 8.69. The van der Waals surface area contributed by atoms with E-state index >= 15 is 0 Å². The molecule has 0 spiro atoms. The molecule has 0 radical (unpaired) electrons. The minimum atomic E-state index is 0.788. The summed E-state index contributed by atoms with van der Waals surface area (Å²) in [7, 11) is 0. The molecule has 1 aliphatic heterocycles. The van der Waals surface area contributed by atoms with Crippen molar-refractivity contribution in [2.24, 2.45) is 29.6 Å². The van der Waals surface area contributed by atoms with Crippen LogP contribution in [0.5, 0.6) is 0 Å². The molecule has 1 heterocycles. The van der Waals surface area contributed by atoms with Crippen LogP contribution in [0.1, 0.15) is 46.0 Å². The van der Waals surface area contributed by atoms with E-state index in [4.69, 9.17) is 0 Å². The lowest BCUT2D eigenvalue weighted by Gasteiger charge is -2.59. The second kappa shape index (κ2) is 4.73. The van der Waals surface area contributed by atoms with Crippen molar-refractivity contribution in [3.05, 3.63) is 0 Å². The van der Waals surface area contributed by atoms with E-state index in [0.29, 0.717) is 0 Å². The van der Waals surface area contributed by atoms with Crippen LogP contribution in [0, 0.1) is 29.6 Å². The van der Waals surface area contributed by atoms with Crippen LogP contribution in [0.25, 0.3) is 0 Å². The van der Waals surface area contributed by atoms with Crippen molar-refractivity contribution in [1.82, 2.24) is 10.2 Å². The third kappa shape index (κ3) is 2.06. The van der Waals surface area contributed by atoms with Crippen LogP contribution in [-0.2, 0) is 0 Å². The molecule has 1 atom stereocenters. The summed E-state index contributed by atoms with van der Waals surface area (Å²) in [4.78, 5) is 2.95. The topological polar surface area (TPSA) is 15.3 Å². The Morgan fingerprint density at radius 2 is 1.58 bits per heavy atom. The highest BCUT2D eigenvalue weighted by molar-refractivity contribution is 5.04. The smallest absolute Gasteiger partial charge is 0.0247 e. The maximum Gasteiger partial charge on any atom is 0.0247 e. The Morgan fingerprint density at radius 1 is 0.947 bits per heavy atom. The molecule has 4 bridgehead atoms. The van der Waals surface area contributed by atoms with Crippen LogP contribution in [0.4, 0.5) is 0 Å². The summed E-state index contributed by atoms with van der Waals surface area (Å²) < 4.78 is 0. The van der Waals surface area contributed by atoms with Crippen molar-refractivity contribution in [2.75, 3.05) is 19.6 Å². The molecule has 5 aliphatic rings. The number of nitrogens with one attached hydrogen (secondary N) is 1. The van der Waals surface area contributed by atoms with Crippen molar-refractivity contribution in [2.45, 2.75) is 58.0 Å². The summed E-state index contributed by atoms with van der Waals surface area (Å²) in [5.41, 5.74) is 0. The van der Waals surface area contributed by atoms with Crippen LogP contribution >= 0.6 is 0 Å². The van der Waals surface area contributed by atoms with Gasteiger partial charge in [-0.1, -0.05) is 13.8 Å². The number of rotatable bonds is 2. The van der Waals surface area contributed by atoms with Crippen LogP contribution in [0.2, 0.25) is 0 Å². The highest BCUT2D eigenvalue weighted by Gasteiger charge is 2.51. The van der Waals surface area contributed by atoms with E-state index < -0.39 is 0 Å². The van der Waals surface area contributed by atoms with Crippen molar-refractivity contribution < 1.29 is 0 Å². The van der Waals surface area contributed by atoms with Gasteiger partial charge in [-0.25, -0.2) is 0 Å². The molecule has 4 aliphatic carbocycles. The molecule has 0 aromatic heterocycles. The predicted octanol–water partition coefficient (Wildman–Crippen LogP) is 2.74. The fraction of sp³-hybridized carbons (Fsp3) is 1.00. The van der Waals surface area contributed by atoms with Gasteiger partial charge in [-0.15, -0.1) is 0 Å². The average molecular weight is 262 g/mol. The van der Waals surface area contributed by atoms with Crippen molar-refractivity contribution in [1.29, 1.82) is 0 Å². The van der Waals surface area contributed by atoms with Gasteiger partial charge >= 0.3 is 0 Å². The first-order valence-electron chi connectivity index (χ1n) is 8.69. The van der Waals surface area contributed by atoms with Gasteiger partial charge in [-0.2, -0.15) is 0 Å². The van der Waals surface area contributed by atoms with E-state index in [2.05, 4.69) is 24.1 Å². The molecule has 0 amide bonds. The van der Waals surface area contributed by atoms with E-state index in [0.717, 1.165) is 41.7 Å². The lowest BCUT2D eigenvalue weighted by Crippen LogP contribution is -2.64. The van der Waals surface area contributed by atoms with E-state index in [1.807, 2.05) is 0 Å². The second-order valence-corrected chi connectivity index (χ2v) is 8.17. The van der Waals surface area contributed by atoms with Crippen LogP contribution < -0.4 is 5.32 Å². The zero-order valence-electron chi connectivity index (χ0n) is 12.6. The molecule has 1 N–H and O–H groups in total. The van der Waals surface area contributed by atoms with E-state index in [1.165, 1.54) is 19.6 Å². The zero-order valence-corrected chi connectivity index (χ0v) is 12.6. The summed E-state index contributed by atoms with van der Waals surface area (Å²) >= 11 is 0. The molecule has 0 aromatic rings. The fourth-order valence-electron chi connectivity index (χ4n) is 6.17. The molecule has 1 unspecified atom stereocenters. The van der Waals surface area contributed by atoms with Gasteiger partial charge in [0, 0.05) is 31.7 Å². The molecule has 19 heavy (non-hydrogen) atoms. The summed E-state index contributed by atoms with van der Waals surface area (Å²) in [5, 5.41) is 3.63. The lowest BCUT2D eigenvalue weighted by atomic mass is 9.53. The molecule has 108 valence electrons. The van der Waals surface area contributed by atoms with Gasteiger partial charge in [0.05, 0.1) is 0 Å². The molecule has 0 aromatic carbocycles. The maximum atomic E-state index is 3.63. The van der Waals surface area contributed by atoms with Crippen LogP contribution in [0.15, 0.2) is 0 Å². The summed E-state index contributed by atoms with van der Waals surface area (Å²) in [6.07, 6.45) is 7.83. The van der Waals surface area contributed by atoms with Crippen LogP contribution in [0.3, 0.4) is 0 Å². The Labute approximate surface area is 118 Å². The SMILES string of the molecule is CC(C)C1CNCCN1C1C2CC3CC(C2)CC1C3. The Kier molecular flexibility index (Phi) is 3.15. The van der Waals surface area contributed by atoms with Gasteiger partial charge < -0.3 is 5.32 Å². The molecule has 4 saturated carbocycles. The van der Waals surface area contributed by atoms with E-state index in [-0.39, 0.29) is 0 Å². The lowest BCUT2D eigenvalue weighted by molar-refractivity contribution is -0.0891. The summed E-state index contributed by atoms with van der Waals surface area (Å²) in [6, 6.07) is 1.73. The Hall–Kier alpha value is -0.0800. The average Bonchev–Trinajstić information content (AvgIpc) is 2.37. The molecule has 5 fully saturated rings. The van der Waals surface area contributed by atoms with Gasteiger partial charge in [0.25, 0.3) is 0 Å². The van der Waals surface area contributed by atoms with E-state index in [9.17, 15) is 0 Å². The first-order chi connectivity index (χ1) is 9.22. The number of hydrogen-bond acceptors (Lipinski definition) is 2. The van der Waals surface area contributed by atoms with Crippen LogP contribution in [-0.4, -0.2) is 36.6 Å². The monoisotopic (exact) mass is 262 g/mol. The largest absolute Gasteiger partial charge is 0.314 e. The number of nitrogens with zero attached hydrogens (tertiary/aromatic N) is 1.